The second-order valence-corrected chi connectivity index (χ2v) is 18.2. The molecule has 4 aromatic rings. The van der Waals surface area contributed by atoms with Gasteiger partial charge in [-0.05, 0) is 123 Å². The molecule has 4 N–H and O–H groups in total. The minimum absolute atomic E-state index is 0.0249. The maximum Gasteiger partial charge on any atom is 0.407 e. The lowest BCUT2D eigenvalue weighted by Crippen LogP contribution is -2.60. The van der Waals surface area contributed by atoms with Crippen LogP contribution >= 0.6 is 0 Å². The van der Waals surface area contributed by atoms with Crippen LogP contribution in [0.25, 0.3) is 22.5 Å². The summed E-state index contributed by atoms with van der Waals surface area (Å²) in [5, 5.41) is 5.54. The third-order valence-corrected chi connectivity index (χ3v) is 14.6. The van der Waals surface area contributed by atoms with Gasteiger partial charge in [-0.25, -0.2) is 19.6 Å². The first kappa shape index (κ1) is 38.1. The van der Waals surface area contributed by atoms with Crippen molar-refractivity contribution in [2.24, 2.45) is 23.7 Å². The number of piperidine rings is 4. The zero-order valence-electron chi connectivity index (χ0n) is 34.7. The topological polar surface area (TPSA) is 175 Å². The minimum atomic E-state index is -0.621. The molecule has 4 saturated heterocycles. The van der Waals surface area contributed by atoms with Crippen molar-refractivity contribution in [3.8, 4) is 34.4 Å². The number of nitrogens with zero attached hydrogens (tertiary/aromatic N) is 4. The Morgan fingerprint density at radius 3 is 1.50 bits per heavy atom. The Kier molecular flexibility index (Phi) is 8.72. The summed E-state index contributed by atoms with van der Waals surface area (Å²) in [6.07, 6.45) is 7.90. The van der Waals surface area contributed by atoms with E-state index in [-0.39, 0.29) is 46.8 Å². The summed E-state index contributed by atoms with van der Waals surface area (Å²) in [5.74, 6) is 9.10. The number of methoxy groups -OCH3 is 2. The van der Waals surface area contributed by atoms with Gasteiger partial charge in [-0.15, -0.1) is 0 Å². The van der Waals surface area contributed by atoms with Gasteiger partial charge < -0.3 is 39.9 Å². The molecule has 10 rings (SSSR count). The molecule has 0 bridgehead atoms. The fourth-order valence-electron chi connectivity index (χ4n) is 11.5. The number of ether oxygens (including phenoxy) is 2. The first-order valence-electron chi connectivity index (χ1n) is 21.0. The minimum Gasteiger partial charge on any atom is -0.453 e. The largest absolute Gasteiger partial charge is 0.453 e. The Balaban J connectivity index is 0.820. The van der Waals surface area contributed by atoms with Crippen molar-refractivity contribution >= 4 is 24.0 Å². The molecule has 2 spiro atoms. The smallest absolute Gasteiger partial charge is 0.407 e. The van der Waals surface area contributed by atoms with Crippen molar-refractivity contribution in [2.45, 2.75) is 101 Å². The van der Waals surface area contributed by atoms with Gasteiger partial charge in [0, 0.05) is 22.2 Å². The molecule has 2 unspecified atom stereocenters. The van der Waals surface area contributed by atoms with Crippen LogP contribution in [0.1, 0.15) is 98.4 Å². The van der Waals surface area contributed by atoms with Crippen LogP contribution in [0.4, 0.5) is 9.59 Å². The second-order valence-electron chi connectivity index (χ2n) is 18.2. The number of carbonyl (C=O) groups excluding carboxylic acids is 4. The summed E-state index contributed by atoms with van der Waals surface area (Å²) in [5.41, 5.74) is 7.35. The lowest BCUT2D eigenvalue weighted by atomic mass is 9.85. The molecule has 2 aliphatic carbocycles. The van der Waals surface area contributed by atoms with Crippen LogP contribution < -0.4 is 10.6 Å². The quantitative estimate of drug-likeness (QED) is 0.170. The van der Waals surface area contributed by atoms with Gasteiger partial charge in [-0.3, -0.25) is 9.59 Å². The van der Waals surface area contributed by atoms with Crippen LogP contribution in [0.15, 0.2) is 48.8 Å². The number of aromatic amines is 2. The van der Waals surface area contributed by atoms with E-state index in [1.54, 1.807) is 0 Å². The number of alkyl carbamates (subject to hydrolysis) is 2. The molecule has 6 heterocycles. The van der Waals surface area contributed by atoms with E-state index < -0.39 is 24.3 Å². The number of benzene rings is 2. The monoisotopic (exact) mass is 810 g/mol. The molecule has 4 aliphatic heterocycles. The van der Waals surface area contributed by atoms with Crippen molar-refractivity contribution in [3.63, 3.8) is 0 Å². The van der Waals surface area contributed by atoms with Crippen molar-refractivity contribution in [3.05, 3.63) is 82.7 Å². The van der Waals surface area contributed by atoms with Crippen molar-refractivity contribution in [1.29, 1.82) is 0 Å². The SMILES string of the molecule is COC(=O)N[C@@H]1C(=O)N2[C@H](c3ncc(-c4ccc(C#Cc5ccc(-c6cnc([C@@H]7C[C@H]8C[C@]89CC(C)[C@H](NC(=O)OC)C(=O)N79)[nH]6)cc5C)c(C)c4)[nH]3)C[C@H]3C[C@]32CC1C. The molecular formula is C46H50N8O6. The third-order valence-electron chi connectivity index (χ3n) is 14.6. The predicted octanol–water partition coefficient (Wildman–Crippen LogP) is 6.08. The Labute approximate surface area is 348 Å². The van der Waals surface area contributed by atoms with Crippen LogP contribution in [0.2, 0.25) is 0 Å². The van der Waals surface area contributed by atoms with Crippen LogP contribution in [0.5, 0.6) is 0 Å². The average molecular weight is 811 g/mol. The Morgan fingerprint density at radius 1 is 0.700 bits per heavy atom. The highest BCUT2D eigenvalue weighted by molar-refractivity contribution is 5.89. The molecule has 14 heteroatoms. The molecule has 14 nitrogen and oxygen atoms in total. The van der Waals surface area contributed by atoms with E-state index in [0.29, 0.717) is 11.8 Å². The number of imidazole rings is 2. The van der Waals surface area contributed by atoms with E-state index in [0.717, 1.165) is 94.9 Å². The van der Waals surface area contributed by atoms with E-state index in [4.69, 9.17) is 19.4 Å². The van der Waals surface area contributed by atoms with E-state index in [1.165, 1.54) is 14.2 Å². The summed E-state index contributed by atoms with van der Waals surface area (Å²) in [6, 6.07) is 10.8. The summed E-state index contributed by atoms with van der Waals surface area (Å²) in [6.45, 7) is 8.16. The maximum absolute atomic E-state index is 13.8. The lowest BCUT2D eigenvalue weighted by Gasteiger charge is -2.43. The zero-order valence-corrected chi connectivity index (χ0v) is 34.7. The van der Waals surface area contributed by atoms with E-state index in [9.17, 15) is 19.2 Å². The van der Waals surface area contributed by atoms with Gasteiger partial charge in [0.2, 0.25) is 11.8 Å². The standard InChI is InChI=1S/C46H50N8O6/c1-23-13-29(33-21-47-39(49-33)35-15-31-19-45(31)17-25(3)37(41(55)53(35)45)51-43(57)59-5)11-9-27(23)7-8-28-10-12-30(14-24(28)2)34-22-48-40(50-34)36-16-32-20-46(32)18-26(4)38(42(56)54(36)46)52-44(58)60-6/h9-14,21-22,25-26,31-32,35-38H,15-20H2,1-6H3,(H,47,49)(H,48,50)(H,51,57)(H,52,58)/t25?,26?,31-,32-,35-,36-,37-,38-,45+,46+/m0/s1. The zero-order chi connectivity index (χ0) is 41.8. The lowest BCUT2D eigenvalue weighted by molar-refractivity contribution is -0.145. The van der Waals surface area contributed by atoms with Gasteiger partial charge >= 0.3 is 12.2 Å². The average Bonchev–Trinajstić information content (AvgIpc) is 3.67. The number of hydrogen-bond acceptors (Lipinski definition) is 8. The highest BCUT2D eigenvalue weighted by Gasteiger charge is 2.71. The van der Waals surface area contributed by atoms with Crippen LogP contribution in [0, 0.1) is 49.4 Å². The summed E-state index contributed by atoms with van der Waals surface area (Å²) in [4.78, 5) is 72.4. The first-order valence-corrected chi connectivity index (χ1v) is 21.0. The number of hydrogen-bond donors (Lipinski definition) is 4. The molecule has 2 aromatic carbocycles. The molecule has 310 valence electrons. The maximum atomic E-state index is 13.8. The van der Waals surface area contributed by atoms with Crippen molar-refractivity contribution in [1.82, 2.24) is 40.4 Å². The fourth-order valence-corrected chi connectivity index (χ4v) is 11.5. The molecule has 6 fully saturated rings. The Hall–Kier alpha value is -6.10. The highest BCUT2D eigenvalue weighted by atomic mass is 16.5. The number of H-pyrrole nitrogens is 2. The van der Waals surface area contributed by atoms with Gasteiger partial charge in [0.15, 0.2) is 0 Å². The van der Waals surface area contributed by atoms with Gasteiger partial charge in [0.1, 0.15) is 23.7 Å². The first-order chi connectivity index (χ1) is 28.8. The van der Waals surface area contributed by atoms with Crippen molar-refractivity contribution in [2.75, 3.05) is 14.2 Å². The van der Waals surface area contributed by atoms with Gasteiger partial charge in [-0.1, -0.05) is 37.8 Å². The number of aromatic nitrogens is 4. The molecule has 2 aromatic heterocycles. The van der Waals surface area contributed by atoms with Crippen LogP contribution in [-0.2, 0) is 19.1 Å². The molecule has 2 saturated carbocycles. The number of nitrogens with one attached hydrogen (secondary N) is 4. The molecular weight excluding hydrogens is 761 g/mol. The van der Waals surface area contributed by atoms with Gasteiger partial charge in [0.25, 0.3) is 0 Å². The molecule has 60 heavy (non-hydrogen) atoms. The Morgan fingerprint density at radius 2 is 1.12 bits per heavy atom. The van der Waals surface area contributed by atoms with Gasteiger partial charge in [0.05, 0.1) is 50.1 Å². The number of carbonyl (C=O) groups is 4. The van der Waals surface area contributed by atoms with E-state index in [1.807, 2.05) is 60.3 Å². The van der Waals surface area contributed by atoms with Crippen LogP contribution in [-0.4, -0.2) is 91.1 Å². The fraction of sp³-hybridized carbons (Fsp3) is 0.478. The molecule has 10 atom stereocenters. The summed E-state index contributed by atoms with van der Waals surface area (Å²) < 4.78 is 9.63. The second kappa shape index (κ2) is 13.7. The molecule has 0 radical (unpaired) electrons. The Bertz CT molecular complexity index is 2360. The number of rotatable bonds is 6. The number of aryl methyl sites for hydroxylation is 2. The molecule has 4 amide bonds. The predicted molar refractivity (Wildman–Crippen MR) is 220 cm³/mol. The highest BCUT2D eigenvalue weighted by Crippen LogP contribution is 2.67. The normalized spacial score (nSPS) is 31.9. The summed E-state index contributed by atoms with van der Waals surface area (Å²) in [7, 11) is 2.62. The van der Waals surface area contributed by atoms with Crippen molar-refractivity contribution < 1.29 is 28.7 Å². The third kappa shape index (κ3) is 5.91. The summed E-state index contributed by atoms with van der Waals surface area (Å²) >= 11 is 0. The van der Waals surface area contributed by atoms with Gasteiger partial charge in [-0.2, -0.15) is 0 Å². The van der Waals surface area contributed by atoms with Crippen LogP contribution in [0.3, 0.4) is 0 Å². The number of amides is 4. The van der Waals surface area contributed by atoms with E-state index >= 15 is 0 Å². The molecule has 6 aliphatic rings. The van der Waals surface area contributed by atoms with E-state index in [2.05, 4.69) is 58.4 Å².